The molecule has 0 aliphatic carbocycles. The molecule has 0 aromatic heterocycles. The molecular formula is C15H19Cl3N2O2. The molecule has 0 spiro atoms. The lowest BCUT2D eigenvalue weighted by Crippen LogP contribution is -2.53. The molecule has 1 atom stereocenters. The predicted molar refractivity (Wildman–Crippen MR) is 92.2 cm³/mol. The molecule has 1 rings (SSSR count). The highest BCUT2D eigenvalue weighted by Crippen LogP contribution is 2.29. The number of carbonyl (C=O) groups is 1. The highest BCUT2D eigenvalue weighted by molar-refractivity contribution is 6.68. The van der Waals surface area contributed by atoms with Gasteiger partial charge < -0.3 is 10.1 Å². The summed E-state index contributed by atoms with van der Waals surface area (Å²) in [5.41, 5.74) is 0.913. The topological polar surface area (TPSA) is 50.4 Å². The normalized spacial score (nSPS) is 13.3. The molecule has 1 amide bonds. The van der Waals surface area contributed by atoms with E-state index in [0.717, 1.165) is 12.0 Å². The highest BCUT2D eigenvalue weighted by Gasteiger charge is 2.32. The van der Waals surface area contributed by atoms with Gasteiger partial charge in [0.1, 0.15) is 6.17 Å². The van der Waals surface area contributed by atoms with E-state index in [1.54, 1.807) is 13.2 Å². The maximum atomic E-state index is 11.9. The van der Waals surface area contributed by atoms with E-state index in [2.05, 4.69) is 10.6 Å². The second-order valence-corrected chi connectivity index (χ2v) is 6.90. The number of carbonyl (C=O) groups excluding carboxylic acids is 1. The zero-order valence-electron chi connectivity index (χ0n) is 12.2. The monoisotopic (exact) mass is 364 g/mol. The number of rotatable bonds is 8. The molecule has 0 heterocycles. The van der Waals surface area contributed by atoms with Gasteiger partial charge in [-0.25, -0.2) is 0 Å². The van der Waals surface area contributed by atoms with Crippen molar-refractivity contribution in [2.45, 2.75) is 16.4 Å². The van der Waals surface area contributed by atoms with Crippen LogP contribution in [0.2, 0.25) is 0 Å². The summed E-state index contributed by atoms with van der Waals surface area (Å²) in [6.45, 7) is 1.14. The summed E-state index contributed by atoms with van der Waals surface area (Å²) < 4.78 is 3.29. The summed E-state index contributed by atoms with van der Waals surface area (Å²) in [7, 11) is 1.61. The SMILES string of the molecule is COCCCNC(NC(=O)/C=C/c1ccccc1)C(Cl)(Cl)Cl. The molecule has 0 radical (unpaired) electrons. The minimum absolute atomic E-state index is 0.348. The Morgan fingerprint density at radius 2 is 2.00 bits per heavy atom. The van der Waals surface area contributed by atoms with E-state index in [0.29, 0.717) is 13.2 Å². The fraction of sp³-hybridized carbons (Fsp3) is 0.400. The van der Waals surface area contributed by atoms with Crippen LogP contribution in [0.1, 0.15) is 12.0 Å². The third-order valence-electron chi connectivity index (χ3n) is 2.71. The summed E-state index contributed by atoms with van der Waals surface area (Å²) in [5.74, 6) is -0.348. The smallest absolute Gasteiger partial charge is 0.245 e. The van der Waals surface area contributed by atoms with Gasteiger partial charge >= 0.3 is 0 Å². The second-order valence-electron chi connectivity index (χ2n) is 4.53. The van der Waals surface area contributed by atoms with Crippen LogP contribution in [-0.4, -0.2) is 36.1 Å². The fourth-order valence-electron chi connectivity index (χ4n) is 1.64. The van der Waals surface area contributed by atoms with Crippen LogP contribution in [0.15, 0.2) is 36.4 Å². The van der Waals surface area contributed by atoms with Crippen LogP contribution >= 0.6 is 34.8 Å². The van der Waals surface area contributed by atoms with Gasteiger partial charge in [0.2, 0.25) is 9.70 Å². The average molecular weight is 366 g/mol. The van der Waals surface area contributed by atoms with Crippen molar-refractivity contribution >= 4 is 46.8 Å². The number of methoxy groups -OCH3 is 1. The maximum Gasteiger partial charge on any atom is 0.245 e. The molecule has 1 aromatic carbocycles. The van der Waals surface area contributed by atoms with Crippen molar-refractivity contribution in [2.75, 3.05) is 20.3 Å². The Morgan fingerprint density at radius 1 is 1.32 bits per heavy atom. The summed E-state index contributed by atoms with van der Waals surface area (Å²) >= 11 is 17.6. The lowest BCUT2D eigenvalue weighted by Gasteiger charge is -2.26. The molecule has 2 N–H and O–H groups in total. The molecular weight excluding hydrogens is 347 g/mol. The molecule has 1 aromatic rings. The fourth-order valence-corrected chi connectivity index (χ4v) is 2.03. The lowest BCUT2D eigenvalue weighted by molar-refractivity contribution is -0.117. The number of ether oxygens (including phenoxy) is 1. The highest BCUT2D eigenvalue weighted by atomic mass is 35.6. The maximum absolute atomic E-state index is 11.9. The Kier molecular flexibility index (Phi) is 8.83. The van der Waals surface area contributed by atoms with Crippen LogP contribution in [0.3, 0.4) is 0 Å². The second kappa shape index (κ2) is 10.1. The summed E-state index contributed by atoms with van der Waals surface area (Å²) in [4.78, 5) is 11.9. The Balaban J connectivity index is 2.53. The largest absolute Gasteiger partial charge is 0.385 e. The number of halogens is 3. The molecule has 0 fully saturated rings. The van der Waals surface area contributed by atoms with Crippen LogP contribution in [0.5, 0.6) is 0 Å². The molecule has 7 heteroatoms. The standard InChI is InChI=1S/C15H19Cl3N2O2/c1-22-11-5-10-19-14(15(16,17)18)20-13(21)9-8-12-6-3-2-4-7-12/h2-4,6-9,14,19H,5,10-11H2,1H3,(H,20,21)/b9-8+. The molecule has 4 nitrogen and oxygen atoms in total. The first-order valence-electron chi connectivity index (χ1n) is 6.76. The van der Waals surface area contributed by atoms with Crippen LogP contribution in [0, 0.1) is 0 Å². The van der Waals surface area contributed by atoms with Crippen molar-refractivity contribution in [1.82, 2.24) is 10.6 Å². The Hall–Kier alpha value is -0.780. The van der Waals surface area contributed by atoms with E-state index in [9.17, 15) is 4.79 Å². The van der Waals surface area contributed by atoms with Gasteiger partial charge in [-0.05, 0) is 24.6 Å². The predicted octanol–water partition coefficient (Wildman–Crippen LogP) is 3.14. The number of hydrogen-bond acceptors (Lipinski definition) is 3. The van der Waals surface area contributed by atoms with Crippen molar-refractivity contribution in [1.29, 1.82) is 0 Å². The zero-order chi connectivity index (χ0) is 16.4. The van der Waals surface area contributed by atoms with Crippen LogP contribution in [0.25, 0.3) is 6.08 Å². The van der Waals surface area contributed by atoms with Gasteiger partial charge in [-0.2, -0.15) is 0 Å². The molecule has 0 saturated carbocycles. The minimum atomic E-state index is -1.65. The van der Waals surface area contributed by atoms with E-state index < -0.39 is 9.96 Å². The molecule has 122 valence electrons. The van der Waals surface area contributed by atoms with Crippen LogP contribution in [-0.2, 0) is 9.53 Å². The van der Waals surface area contributed by atoms with Crippen LogP contribution < -0.4 is 10.6 Å². The zero-order valence-corrected chi connectivity index (χ0v) is 14.5. The van der Waals surface area contributed by atoms with Gasteiger partial charge in [-0.3, -0.25) is 10.1 Å². The first-order valence-corrected chi connectivity index (χ1v) is 7.89. The van der Waals surface area contributed by atoms with Gasteiger partial charge in [0, 0.05) is 19.8 Å². The Labute approximate surface area is 145 Å². The van der Waals surface area contributed by atoms with Crippen molar-refractivity contribution in [3.63, 3.8) is 0 Å². The van der Waals surface area contributed by atoms with Crippen molar-refractivity contribution in [3.8, 4) is 0 Å². The third-order valence-corrected chi connectivity index (χ3v) is 3.37. The first kappa shape index (κ1) is 19.3. The van der Waals surface area contributed by atoms with Crippen LogP contribution in [0.4, 0.5) is 0 Å². The van der Waals surface area contributed by atoms with E-state index in [-0.39, 0.29) is 5.91 Å². The van der Waals surface area contributed by atoms with E-state index >= 15 is 0 Å². The van der Waals surface area contributed by atoms with E-state index in [4.69, 9.17) is 39.5 Å². The lowest BCUT2D eigenvalue weighted by atomic mass is 10.2. The average Bonchev–Trinajstić information content (AvgIpc) is 2.48. The molecule has 0 bridgehead atoms. The van der Waals surface area contributed by atoms with Gasteiger partial charge in [-0.15, -0.1) is 0 Å². The number of nitrogens with one attached hydrogen (secondary N) is 2. The third kappa shape index (κ3) is 8.01. The summed E-state index contributed by atoms with van der Waals surface area (Å²) in [6, 6.07) is 9.46. The summed E-state index contributed by atoms with van der Waals surface area (Å²) in [6.07, 6.45) is 3.04. The van der Waals surface area contributed by atoms with Gasteiger partial charge in [0.25, 0.3) is 0 Å². The molecule has 22 heavy (non-hydrogen) atoms. The molecule has 0 aliphatic heterocycles. The van der Waals surface area contributed by atoms with Gasteiger partial charge in [0.05, 0.1) is 0 Å². The molecule has 1 unspecified atom stereocenters. The molecule has 0 aliphatic rings. The Morgan fingerprint density at radius 3 is 2.59 bits per heavy atom. The number of amides is 1. The van der Waals surface area contributed by atoms with E-state index in [1.165, 1.54) is 6.08 Å². The van der Waals surface area contributed by atoms with Crippen molar-refractivity contribution in [2.24, 2.45) is 0 Å². The quantitative estimate of drug-likeness (QED) is 0.322. The van der Waals surface area contributed by atoms with Gasteiger partial charge in [-0.1, -0.05) is 65.1 Å². The summed E-state index contributed by atoms with van der Waals surface area (Å²) in [5, 5.41) is 5.61. The first-order chi connectivity index (χ1) is 10.4. The number of alkyl halides is 3. The molecule has 0 saturated heterocycles. The van der Waals surface area contributed by atoms with Crippen molar-refractivity contribution in [3.05, 3.63) is 42.0 Å². The van der Waals surface area contributed by atoms with E-state index in [1.807, 2.05) is 30.3 Å². The van der Waals surface area contributed by atoms with Gasteiger partial charge in [0.15, 0.2) is 0 Å². The Bertz CT molecular complexity index is 475. The minimum Gasteiger partial charge on any atom is -0.385 e. The van der Waals surface area contributed by atoms with Crippen molar-refractivity contribution < 1.29 is 9.53 Å². The number of benzene rings is 1. The number of hydrogen-bond donors (Lipinski definition) is 2.